The molecule has 0 saturated heterocycles. The second-order valence-corrected chi connectivity index (χ2v) is 6.80. The molecule has 0 radical (unpaired) electrons. The fraction of sp³-hybridized carbons (Fsp3) is 0.125. The number of hydrogen-bond donors (Lipinski definition) is 0. The summed E-state index contributed by atoms with van der Waals surface area (Å²) in [6, 6.07) is 23.1. The van der Waals surface area contributed by atoms with E-state index in [0.717, 1.165) is 28.0 Å². The first-order valence-electron chi connectivity index (χ1n) is 9.35. The third-order valence-electron chi connectivity index (χ3n) is 4.81. The molecule has 144 valence electrons. The fourth-order valence-corrected chi connectivity index (χ4v) is 3.27. The number of hydrogen-bond acceptors (Lipinski definition) is 4. The lowest BCUT2D eigenvalue weighted by Gasteiger charge is -2.19. The van der Waals surface area contributed by atoms with Gasteiger partial charge in [-0.3, -0.25) is 4.79 Å². The van der Waals surface area contributed by atoms with Gasteiger partial charge in [-0.15, -0.1) is 0 Å². The number of methoxy groups -OCH3 is 1. The summed E-state index contributed by atoms with van der Waals surface area (Å²) >= 11 is 0. The van der Waals surface area contributed by atoms with Crippen molar-refractivity contribution in [1.29, 1.82) is 0 Å². The van der Waals surface area contributed by atoms with Gasteiger partial charge in [-0.2, -0.15) is 0 Å². The molecule has 0 aliphatic heterocycles. The first-order chi connectivity index (χ1) is 14.2. The quantitative estimate of drug-likeness (QED) is 0.506. The molecule has 2 heterocycles. The van der Waals surface area contributed by atoms with Gasteiger partial charge in [-0.1, -0.05) is 42.5 Å². The van der Waals surface area contributed by atoms with Crippen LogP contribution in [-0.4, -0.2) is 34.9 Å². The summed E-state index contributed by atoms with van der Waals surface area (Å²) in [4.78, 5) is 24.1. The molecular weight excluding hydrogens is 362 g/mol. The molecule has 5 heteroatoms. The Morgan fingerprint density at radius 3 is 2.48 bits per heavy atom. The van der Waals surface area contributed by atoms with Crippen molar-refractivity contribution < 1.29 is 9.53 Å². The van der Waals surface area contributed by atoms with Crippen molar-refractivity contribution in [3.63, 3.8) is 0 Å². The second kappa shape index (κ2) is 8.10. The summed E-state index contributed by atoms with van der Waals surface area (Å²) in [6.07, 6.45) is 1.69. The molecule has 5 nitrogen and oxygen atoms in total. The van der Waals surface area contributed by atoms with E-state index in [-0.39, 0.29) is 5.91 Å². The van der Waals surface area contributed by atoms with E-state index >= 15 is 0 Å². The largest absolute Gasteiger partial charge is 0.497 e. The summed E-state index contributed by atoms with van der Waals surface area (Å²) < 4.78 is 5.20. The van der Waals surface area contributed by atoms with Gasteiger partial charge in [0, 0.05) is 30.7 Å². The minimum absolute atomic E-state index is 0.0709. The van der Waals surface area contributed by atoms with Gasteiger partial charge in [0.1, 0.15) is 5.75 Å². The normalized spacial score (nSPS) is 10.7. The van der Waals surface area contributed by atoms with Crippen LogP contribution in [0.2, 0.25) is 0 Å². The minimum Gasteiger partial charge on any atom is -0.497 e. The van der Waals surface area contributed by atoms with Crippen molar-refractivity contribution in [3.05, 3.63) is 90.1 Å². The number of carbonyl (C=O) groups is 1. The van der Waals surface area contributed by atoms with Gasteiger partial charge >= 0.3 is 0 Å². The van der Waals surface area contributed by atoms with E-state index in [1.807, 2.05) is 72.8 Å². The maximum atomic E-state index is 13.3. The summed E-state index contributed by atoms with van der Waals surface area (Å²) in [7, 11) is 3.44. The van der Waals surface area contributed by atoms with Crippen LogP contribution in [0.4, 0.5) is 0 Å². The Morgan fingerprint density at radius 2 is 1.76 bits per heavy atom. The first-order valence-corrected chi connectivity index (χ1v) is 9.35. The average molecular weight is 383 g/mol. The van der Waals surface area contributed by atoms with Crippen LogP contribution in [0.3, 0.4) is 0 Å². The van der Waals surface area contributed by atoms with Crippen LogP contribution in [0.5, 0.6) is 5.75 Å². The smallest absolute Gasteiger partial charge is 0.254 e. The molecule has 0 spiro atoms. The van der Waals surface area contributed by atoms with Crippen molar-refractivity contribution >= 4 is 16.9 Å². The SMILES string of the molecule is COc1ccc(CN(C)C(=O)c2cc(-c3ccccc3)nc3ncccc23)cc1. The molecule has 29 heavy (non-hydrogen) atoms. The van der Waals surface area contributed by atoms with Gasteiger partial charge in [0.25, 0.3) is 5.91 Å². The zero-order chi connectivity index (χ0) is 20.2. The molecule has 0 N–H and O–H groups in total. The van der Waals surface area contributed by atoms with Gasteiger partial charge in [0.05, 0.1) is 18.4 Å². The third kappa shape index (κ3) is 3.94. The van der Waals surface area contributed by atoms with E-state index in [4.69, 9.17) is 4.74 Å². The Bertz CT molecular complexity index is 1140. The van der Waals surface area contributed by atoms with Crippen molar-refractivity contribution in [2.45, 2.75) is 6.54 Å². The molecule has 1 amide bonds. The third-order valence-corrected chi connectivity index (χ3v) is 4.81. The second-order valence-electron chi connectivity index (χ2n) is 6.80. The van der Waals surface area contributed by atoms with Gasteiger partial charge in [-0.25, -0.2) is 9.97 Å². The predicted octanol–water partition coefficient (Wildman–Crippen LogP) is 4.58. The number of aromatic nitrogens is 2. The highest BCUT2D eigenvalue weighted by atomic mass is 16.5. The van der Waals surface area contributed by atoms with E-state index in [2.05, 4.69) is 9.97 Å². The molecule has 0 aliphatic carbocycles. The Morgan fingerprint density at radius 1 is 1.00 bits per heavy atom. The maximum Gasteiger partial charge on any atom is 0.254 e. The van der Waals surface area contributed by atoms with Gasteiger partial charge < -0.3 is 9.64 Å². The molecule has 0 aliphatic rings. The number of rotatable bonds is 5. The minimum atomic E-state index is -0.0709. The number of benzene rings is 2. The molecule has 0 unspecified atom stereocenters. The topological polar surface area (TPSA) is 55.3 Å². The van der Waals surface area contributed by atoms with Crippen molar-refractivity contribution in [1.82, 2.24) is 14.9 Å². The van der Waals surface area contributed by atoms with Crippen LogP contribution in [0.1, 0.15) is 15.9 Å². The molecule has 0 atom stereocenters. The van der Waals surface area contributed by atoms with Gasteiger partial charge in [-0.05, 0) is 35.9 Å². The Kier molecular flexibility index (Phi) is 5.20. The number of fused-ring (bicyclic) bond motifs is 1. The Hall–Kier alpha value is -3.73. The molecule has 4 aromatic rings. The highest BCUT2D eigenvalue weighted by Crippen LogP contribution is 2.25. The maximum absolute atomic E-state index is 13.3. The molecule has 0 fully saturated rings. The van der Waals surface area contributed by atoms with Crippen molar-refractivity contribution in [3.8, 4) is 17.0 Å². The van der Waals surface area contributed by atoms with E-state index < -0.39 is 0 Å². The average Bonchev–Trinajstić information content (AvgIpc) is 2.79. The predicted molar refractivity (Wildman–Crippen MR) is 114 cm³/mol. The molecule has 0 saturated carbocycles. The molecule has 0 bridgehead atoms. The van der Waals surface area contributed by atoms with Crippen molar-refractivity contribution in [2.75, 3.05) is 14.2 Å². The van der Waals surface area contributed by atoms with E-state index in [9.17, 15) is 4.79 Å². The van der Waals surface area contributed by atoms with E-state index in [1.165, 1.54) is 0 Å². The van der Waals surface area contributed by atoms with Crippen LogP contribution in [-0.2, 0) is 6.54 Å². The lowest BCUT2D eigenvalue weighted by Crippen LogP contribution is -2.26. The number of pyridine rings is 2. The number of amides is 1. The monoisotopic (exact) mass is 383 g/mol. The van der Waals surface area contributed by atoms with Gasteiger partial charge in [0.15, 0.2) is 5.65 Å². The van der Waals surface area contributed by atoms with Crippen LogP contribution in [0.15, 0.2) is 79.0 Å². The first kappa shape index (κ1) is 18.6. The number of ether oxygens (including phenoxy) is 1. The van der Waals surface area contributed by atoms with Crippen LogP contribution in [0.25, 0.3) is 22.3 Å². The van der Waals surface area contributed by atoms with E-state index in [1.54, 1.807) is 25.3 Å². The van der Waals surface area contributed by atoms with Crippen LogP contribution >= 0.6 is 0 Å². The number of carbonyl (C=O) groups excluding carboxylic acids is 1. The summed E-state index contributed by atoms with van der Waals surface area (Å²) in [6.45, 7) is 0.494. The summed E-state index contributed by atoms with van der Waals surface area (Å²) in [5.41, 5.74) is 3.87. The lowest BCUT2D eigenvalue weighted by atomic mass is 10.0. The highest BCUT2D eigenvalue weighted by Gasteiger charge is 2.18. The van der Waals surface area contributed by atoms with Gasteiger partial charge in [0.2, 0.25) is 0 Å². The standard InChI is InChI=1S/C24H21N3O2/c1-27(16-17-10-12-19(29-2)13-11-17)24(28)21-15-22(18-7-4-3-5-8-18)26-23-20(21)9-6-14-25-23/h3-15H,16H2,1-2H3. The fourth-order valence-electron chi connectivity index (χ4n) is 3.27. The zero-order valence-electron chi connectivity index (χ0n) is 16.4. The summed E-state index contributed by atoms with van der Waals surface area (Å²) in [5, 5.41) is 0.749. The Labute approximate surface area is 169 Å². The number of nitrogens with zero attached hydrogens (tertiary/aromatic N) is 3. The lowest BCUT2D eigenvalue weighted by molar-refractivity contribution is 0.0787. The molecule has 2 aromatic carbocycles. The highest BCUT2D eigenvalue weighted by molar-refractivity contribution is 6.06. The van der Waals surface area contributed by atoms with Crippen LogP contribution in [0, 0.1) is 0 Å². The Balaban J connectivity index is 1.70. The zero-order valence-corrected chi connectivity index (χ0v) is 16.4. The summed E-state index contributed by atoms with van der Waals surface area (Å²) in [5.74, 6) is 0.722. The molecule has 4 rings (SSSR count). The van der Waals surface area contributed by atoms with Crippen molar-refractivity contribution in [2.24, 2.45) is 0 Å². The van der Waals surface area contributed by atoms with Crippen LogP contribution < -0.4 is 4.74 Å². The van der Waals surface area contributed by atoms with E-state index in [0.29, 0.717) is 17.8 Å². The molecular formula is C24H21N3O2. The molecule has 2 aromatic heterocycles.